The van der Waals surface area contributed by atoms with E-state index in [1.807, 2.05) is 55.5 Å². The molecular formula is C24H18BrClN2O2. The number of rotatable bonds is 4. The number of ether oxygens (including phenoxy) is 1. The predicted molar refractivity (Wildman–Crippen MR) is 126 cm³/mol. The first-order valence-electron chi connectivity index (χ1n) is 9.27. The first-order valence-corrected chi connectivity index (χ1v) is 10.4. The number of methoxy groups -OCH3 is 1. The Bertz CT molecular complexity index is 1260. The van der Waals surface area contributed by atoms with E-state index in [0.717, 1.165) is 32.2 Å². The second kappa shape index (κ2) is 8.46. The van der Waals surface area contributed by atoms with Crippen LogP contribution in [0, 0.1) is 6.92 Å². The standard InChI is InChI=1S/C24H18BrClN2O2/c1-14-10-16(25)11-18-19(13-20(27-23(14)18)15-6-4-3-5-7-15)24(29)28-21-12-17(26)8-9-22(21)30-2/h3-13H,1-2H3,(H,28,29). The summed E-state index contributed by atoms with van der Waals surface area (Å²) in [6.45, 7) is 1.98. The van der Waals surface area contributed by atoms with Crippen LogP contribution in [0.2, 0.25) is 5.02 Å². The highest BCUT2D eigenvalue weighted by Gasteiger charge is 2.17. The van der Waals surface area contributed by atoms with Crippen LogP contribution in [-0.4, -0.2) is 18.0 Å². The number of halogens is 2. The monoisotopic (exact) mass is 480 g/mol. The van der Waals surface area contributed by atoms with Gasteiger partial charge in [-0.2, -0.15) is 0 Å². The summed E-state index contributed by atoms with van der Waals surface area (Å²) >= 11 is 9.65. The number of nitrogens with one attached hydrogen (secondary N) is 1. The number of aryl methyl sites for hydroxylation is 1. The Kier molecular flexibility index (Phi) is 5.75. The number of hydrogen-bond donors (Lipinski definition) is 1. The van der Waals surface area contributed by atoms with Gasteiger partial charge in [-0.25, -0.2) is 4.98 Å². The lowest BCUT2D eigenvalue weighted by atomic mass is 10.0. The highest BCUT2D eigenvalue weighted by molar-refractivity contribution is 9.10. The van der Waals surface area contributed by atoms with Crippen molar-refractivity contribution in [3.63, 3.8) is 0 Å². The van der Waals surface area contributed by atoms with Crippen molar-refractivity contribution in [1.29, 1.82) is 0 Å². The van der Waals surface area contributed by atoms with Crippen LogP contribution >= 0.6 is 27.5 Å². The molecule has 0 saturated heterocycles. The Balaban J connectivity index is 1.88. The number of anilines is 1. The fourth-order valence-corrected chi connectivity index (χ4v) is 4.11. The van der Waals surface area contributed by atoms with Crippen LogP contribution in [0.3, 0.4) is 0 Å². The first-order chi connectivity index (χ1) is 14.5. The van der Waals surface area contributed by atoms with Crippen LogP contribution in [0.25, 0.3) is 22.2 Å². The van der Waals surface area contributed by atoms with E-state index < -0.39 is 0 Å². The topological polar surface area (TPSA) is 51.2 Å². The predicted octanol–water partition coefficient (Wildman–Crippen LogP) is 6.89. The fourth-order valence-electron chi connectivity index (χ4n) is 3.37. The first kappa shape index (κ1) is 20.4. The maximum absolute atomic E-state index is 13.4. The number of aromatic nitrogens is 1. The van der Waals surface area contributed by atoms with Gasteiger partial charge in [-0.1, -0.05) is 57.9 Å². The Morgan fingerprint density at radius 2 is 1.83 bits per heavy atom. The summed E-state index contributed by atoms with van der Waals surface area (Å²) in [5.74, 6) is 0.268. The van der Waals surface area contributed by atoms with E-state index >= 15 is 0 Å². The third kappa shape index (κ3) is 4.04. The van der Waals surface area contributed by atoms with Crippen molar-refractivity contribution in [2.45, 2.75) is 6.92 Å². The Labute approximate surface area is 188 Å². The van der Waals surface area contributed by atoms with E-state index in [0.29, 0.717) is 22.0 Å². The van der Waals surface area contributed by atoms with E-state index in [1.165, 1.54) is 0 Å². The van der Waals surface area contributed by atoms with Gasteiger partial charge in [0.1, 0.15) is 5.75 Å². The van der Waals surface area contributed by atoms with Gasteiger partial charge in [-0.3, -0.25) is 4.79 Å². The summed E-state index contributed by atoms with van der Waals surface area (Å²) in [5.41, 5.74) is 4.46. The largest absolute Gasteiger partial charge is 0.495 e. The molecule has 4 aromatic rings. The zero-order valence-corrected chi connectivity index (χ0v) is 18.7. The number of fused-ring (bicyclic) bond motifs is 1. The lowest BCUT2D eigenvalue weighted by molar-refractivity contribution is 0.102. The molecule has 0 bridgehead atoms. The number of benzene rings is 3. The summed E-state index contributed by atoms with van der Waals surface area (Å²) in [5, 5.41) is 4.21. The van der Waals surface area contributed by atoms with Crippen LogP contribution in [-0.2, 0) is 0 Å². The second-order valence-corrected chi connectivity index (χ2v) is 8.19. The molecule has 1 heterocycles. The SMILES string of the molecule is COc1ccc(Cl)cc1NC(=O)c1cc(-c2ccccc2)nc2c(C)cc(Br)cc12. The molecule has 1 N–H and O–H groups in total. The molecule has 1 amide bonds. The van der Waals surface area contributed by atoms with Gasteiger partial charge < -0.3 is 10.1 Å². The van der Waals surface area contributed by atoms with Gasteiger partial charge in [-0.05, 0) is 48.9 Å². The van der Waals surface area contributed by atoms with E-state index in [2.05, 4.69) is 21.2 Å². The molecule has 0 atom stereocenters. The van der Waals surface area contributed by atoms with Gasteiger partial charge in [0, 0.05) is 20.4 Å². The molecule has 0 aliphatic heterocycles. The molecule has 0 aliphatic rings. The molecule has 0 radical (unpaired) electrons. The van der Waals surface area contributed by atoms with Gasteiger partial charge in [0.25, 0.3) is 5.91 Å². The van der Waals surface area contributed by atoms with Crippen molar-refractivity contribution in [2.24, 2.45) is 0 Å². The summed E-state index contributed by atoms with van der Waals surface area (Å²) < 4.78 is 6.25. The van der Waals surface area contributed by atoms with Crippen molar-refractivity contribution in [3.8, 4) is 17.0 Å². The van der Waals surface area contributed by atoms with E-state index in [-0.39, 0.29) is 5.91 Å². The molecule has 3 aromatic carbocycles. The maximum atomic E-state index is 13.4. The van der Waals surface area contributed by atoms with Gasteiger partial charge >= 0.3 is 0 Å². The summed E-state index contributed by atoms with van der Waals surface area (Å²) in [6, 6.07) is 20.6. The quantitative estimate of drug-likeness (QED) is 0.345. The van der Waals surface area contributed by atoms with Gasteiger partial charge in [0.15, 0.2) is 0 Å². The molecule has 4 rings (SSSR count). The van der Waals surface area contributed by atoms with Crippen LogP contribution in [0.15, 0.2) is 71.2 Å². The Morgan fingerprint density at radius 3 is 2.57 bits per heavy atom. The normalized spacial score (nSPS) is 10.8. The van der Waals surface area contributed by atoms with Gasteiger partial charge in [-0.15, -0.1) is 0 Å². The zero-order valence-electron chi connectivity index (χ0n) is 16.4. The zero-order chi connectivity index (χ0) is 21.3. The third-order valence-electron chi connectivity index (χ3n) is 4.79. The molecule has 1 aromatic heterocycles. The van der Waals surface area contributed by atoms with E-state index in [9.17, 15) is 4.79 Å². The lowest BCUT2D eigenvalue weighted by Crippen LogP contribution is -2.14. The van der Waals surface area contributed by atoms with Gasteiger partial charge in [0.2, 0.25) is 0 Å². The summed E-state index contributed by atoms with van der Waals surface area (Å²) in [7, 11) is 1.55. The number of amides is 1. The summed E-state index contributed by atoms with van der Waals surface area (Å²) in [4.78, 5) is 18.2. The number of hydrogen-bond acceptors (Lipinski definition) is 3. The number of carbonyl (C=O) groups excluding carboxylic acids is 1. The average molecular weight is 482 g/mol. The van der Waals surface area contributed by atoms with Crippen molar-refractivity contribution in [3.05, 3.63) is 87.4 Å². The molecule has 0 aliphatic carbocycles. The lowest BCUT2D eigenvalue weighted by Gasteiger charge is -2.14. The minimum Gasteiger partial charge on any atom is -0.495 e. The molecule has 0 fully saturated rings. The minimum absolute atomic E-state index is 0.266. The Hall–Kier alpha value is -2.89. The van der Waals surface area contributed by atoms with Crippen molar-refractivity contribution in [2.75, 3.05) is 12.4 Å². The highest BCUT2D eigenvalue weighted by atomic mass is 79.9. The number of nitrogens with zero attached hydrogens (tertiary/aromatic N) is 1. The molecule has 0 saturated carbocycles. The minimum atomic E-state index is -0.266. The van der Waals surface area contributed by atoms with Crippen molar-refractivity contribution >= 4 is 50.0 Å². The smallest absolute Gasteiger partial charge is 0.256 e. The van der Waals surface area contributed by atoms with Crippen molar-refractivity contribution in [1.82, 2.24) is 4.98 Å². The summed E-state index contributed by atoms with van der Waals surface area (Å²) in [6.07, 6.45) is 0. The molecule has 30 heavy (non-hydrogen) atoms. The second-order valence-electron chi connectivity index (χ2n) is 6.84. The van der Waals surface area contributed by atoms with Crippen LogP contribution in [0.4, 0.5) is 5.69 Å². The third-order valence-corrected chi connectivity index (χ3v) is 5.49. The number of pyridine rings is 1. The molecule has 4 nitrogen and oxygen atoms in total. The van der Waals surface area contributed by atoms with E-state index in [4.69, 9.17) is 21.3 Å². The van der Waals surface area contributed by atoms with Crippen LogP contribution < -0.4 is 10.1 Å². The highest BCUT2D eigenvalue weighted by Crippen LogP contribution is 2.32. The Morgan fingerprint density at radius 1 is 1.07 bits per heavy atom. The molecule has 6 heteroatoms. The maximum Gasteiger partial charge on any atom is 0.256 e. The average Bonchev–Trinajstić information content (AvgIpc) is 2.74. The van der Waals surface area contributed by atoms with Crippen LogP contribution in [0.5, 0.6) is 5.75 Å². The van der Waals surface area contributed by atoms with Crippen molar-refractivity contribution < 1.29 is 9.53 Å². The molecule has 0 unspecified atom stereocenters. The fraction of sp³-hybridized carbons (Fsp3) is 0.0833. The molecule has 0 spiro atoms. The van der Waals surface area contributed by atoms with Gasteiger partial charge in [0.05, 0.1) is 29.6 Å². The van der Waals surface area contributed by atoms with E-state index in [1.54, 1.807) is 25.3 Å². The molecular weight excluding hydrogens is 464 g/mol. The van der Waals surface area contributed by atoms with Crippen LogP contribution in [0.1, 0.15) is 15.9 Å². The number of carbonyl (C=O) groups is 1. The molecule has 150 valence electrons.